The Morgan fingerprint density at radius 1 is 1.07 bits per heavy atom. The van der Waals surface area contributed by atoms with Crippen molar-refractivity contribution < 1.29 is 19.0 Å². The summed E-state index contributed by atoms with van der Waals surface area (Å²) in [6.07, 6.45) is 0.406. The van der Waals surface area contributed by atoms with Gasteiger partial charge in [-0.2, -0.15) is 0 Å². The van der Waals surface area contributed by atoms with Crippen LogP contribution in [0.1, 0.15) is 29.8 Å². The third-order valence-electron chi connectivity index (χ3n) is 4.79. The van der Waals surface area contributed by atoms with Gasteiger partial charge in [0.15, 0.2) is 5.79 Å². The van der Waals surface area contributed by atoms with Gasteiger partial charge in [0.25, 0.3) is 5.56 Å². The maximum Gasteiger partial charge on any atom is 0.261 e. The van der Waals surface area contributed by atoms with Crippen LogP contribution >= 0.6 is 0 Å². The number of aryl methyl sites for hydroxylation is 1. The Morgan fingerprint density at radius 3 is 2.68 bits per heavy atom. The molecule has 0 radical (unpaired) electrons. The molecule has 0 saturated heterocycles. The minimum Gasteiger partial charge on any atom is -0.366 e. The molecule has 142 valence electrons. The summed E-state index contributed by atoms with van der Waals surface area (Å²) in [4.78, 5) is 17.2. The molecule has 1 aliphatic rings. The molecule has 0 amide bonds. The molecule has 0 spiro atoms. The molecule has 0 aliphatic carbocycles. The number of hydrogen-bond acceptors (Lipinski definition) is 4. The Bertz CT molecular complexity index is 1210. The quantitative estimate of drug-likeness (QED) is 0.461. The van der Waals surface area contributed by atoms with E-state index >= 15 is 0 Å². The molecule has 7 heteroatoms. The van der Waals surface area contributed by atoms with Crippen LogP contribution in [0.3, 0.4) is 0 Å². The van der Waals surface area contributed by atoms with Crippen molar-refractivity contribution >= 4 is 10.9 Å². The lowest BCUT2D eigenvalue weighted by atomic mass is 10.1. The largest absolute Gasteiger partial charge is 0.366 e. The van der Waals surface area contributed by atoms with E-state index in [0.717, 1.165) is 12.1 Å². The van der Waals surface area contributed by atoms with Gasteiger partial charge in [0, 0.05) is 37.4 Å². The van der Waals surface area contributed by atoms with Crippen molar-refractivity contribution in [3.05, 3.63) is 75.3 Å². The van der Waals surface area contributed by atoms with Crippen LogP contribution in [0.4, 0.5) is 8.78 Å². The number of aliphatic hydroxyl groups is 2. The predicted molar refractivity (Wildman–Crippen MR) is 98.4 cm³/mol. The minimum absolute atomic E-state index is 0.0554. The molecule has 1 aliphatic heterocycles. The first-order valence-electron chi connectivity index (χ1n) is 8.78. The van der Waals surface area contributed by atoms with Crippen LogP contribution in [0.15, 0.2) is 41.2 Å². The number of hydrogen-bond donors (Lipinski definition) is 2. The van der Waals surface area contributed by atoms with Crippen molar-refractivity contribution in [3.8, 4) is 11.8 Å². The van der Waals surface area contributed by atoms with Gasteiger partial charge in [-0.3, -0.25) is 9.36 Å². The SMILES string of the molecule is O=c1c2ccc(C#Cc3ccc(F)cc3F)cc2nc2n1CCC(O)(O)CC2. The van der Waals surface area contributed by atoms with Crippen molar-refractivity contribution in [2.24, 2.45) is 0 Å². The highest BCUT2D eigenvalue weighted by Gasteiger charge is 2.28. The zero-order chi connectivity index (χ0) is 19.9. The van der Waals surface area contributed by atoms with E-state index in [1.165, 1.54) is 10.6 Å². The van der Waals surface area contributed by atoms with Gasteiger partial charge in [0.2, 0.25) is 0 Å². The first-order chi connectivity index (χ1) is 13.3. The van der Waals surface area contributed by atoms with Crippen molar-refractivity contribution in [3.63, 3.8) is 0 Å². The number of aromatic nitrogens is 2. The molecular formula is C21H16F2N2O3. The Balaban J connectivity index is 1.75. The van der Waals surface area contributed by atoms with Crippen LogP contribution < -0.4 is 5.56 Å². The third-order valence-corrected chi connectivity index (χ3v) is 4.79. The van der Waals surface area contributed by atoms with Gasteiger partial charge in [-0.15, -0.1) is 0 Å². The van der Waals surface area contributed by atoms with Crippen LogP contribution in [0.25, 0.3) is 10.9 Å². The van der Waals surface area contributed by atoms with Crippen LogP contribution in [-0.4, -0.2) is 25.6 Å². The second kappa shape index (κ2) is 6.82. The van der Waals surface area contributed by atoms with E-state index < -0.39 is 17.4 Å². The first kappa shape index (κ1) is 18.3. The van der Waals surface area contributed by atoms with Crippen LogP contribution in [0.2, 0.25) is 0 Å². The van der Waals surface area contributed by atoms with Gasteiger partial charge in [-0.1, -0.05) is 11.8 Å². The number of fused-ring (bicyclic) bond motifs is 2. The molecule has 0 saturated carbocycles. The normalized spacial score (nSPS) is 15.4. The molecule has 4 rings (SSSR count). The van der Waals surface area contributed by atoms with Gasteiger partial charge < -0.3 is 10.2 Å². The molecule has 2 aromatic carbocycles. The van der Waals surface area contributed by atoms with E-state index in [2.05, 4.69) is 16.8 Å². The number of nitrogens with zero attached hydrogens (tertiary/aromatic N) is 2. The van der Waals surface area contributed by atoms with Gasteiger partial charge in [0.05, 0.1) is 16.5 Å². The summed E-state index contributed by atoms with van der Waals surface area (Å²) in [7, 11) is 0. The molecule has 1 aromatic heterocycles. The average Bonchev–Trinajstić information content (AvgIpc) is 2.80. The summed E-state index contributed by atoms with van der Waals surface area (Å²) in [5, 5.41) is 20.1. The summed E-state index contributed by atoms with van der Waals surface area (Å²) in [6.45, 7) is 0.176. The fourth-order valence-electron chi connectivity index (χ4n) is 3.22. The fourth-order valence-corrected chi connectivity index (χ4v) is 3.22. The monoisotopic (exact) mass is 382 g/mol. The second-order valence-electron chi connectivity index (χ2n) is 6.82. The van der Waals surface area contributed by atoms with E-state index in [1.807, 2.05) is 0 Å². The highest BCUT2D eigenvalue weighted by Crippen LogP contribution is 2.21. The van der Waals surface area contributed by atoms with E-state index in [1.54, 1.807) is 18.2 Å². The van der Waals surface area contributed by atoms with Crippen molar-refractivity contribution in [1.82, 2.24) is 9.55 Å². The van der Waals surface area contributed by atoms with E-state index in [4.69, 9.17) is 0 Å². The fraction of sp³-hybridized carbons (Fsp3) is 0.238. The van der Waals surface area contributed by atoms with Crippen LogP contribution in [-0.2, 0) is 13.0 Å². The number of rotatable bonds is 0. The molecule has 28 heavy (non-hydrogen) atoms. The summed E-state index contributed by atoms with van der Waals surface area (Å²) >= 11 is 0. The average molecular weight is 382 g/mol. The van der Waals surface area contributed by atoms with Gasteiger partial charge in [-0.25, -0.2) is 13.8 Å². The lowest BCUT2D eigenvalue weighted by molar-refractivity contribution is -0.169. The van der Waals surface area contributed by atoms with Gasteiger partial charge in [-0.05, 0) is 30.3 Å². The molecule has 0 unspecified atom stereocenters. The smallest absolute Gasteiger partial charge is 0.261 e. The van der Waals surface area contributed by atoms with Crippen molar-refractivity contribution in [1.29, 1.82) is 0 Å². The van der Waals surface area contributed by atoms with Crippen LogP contribution in [0, 0.1) is 23.5 Å². The van der Waals surface area contributed by atoms with Crippen molar-refractivity contribution in [2.75, 3.05) is 0 Å². The molecule has 5 nitrogen and oxygen atoms in total. The highest BCUT2D eigenvalue weighted by molar-refractivity contribution is 5.79. The Kier molecular flexibility index (Phi) is 4.46. The van der Waals surface area contributed by atoms with Crippen LogP contribution in [0.5, 0.6) is 0 Å². The third kappa shape index (κ3) is 3.52. The van der Waals surface area contributed by atoms with Crippen molar-refractivity contribution in [2.45, 2.75) is 31.6 Å². The topological polar surface area (TPSA) is 75.4 Å². The molecule has 3 aromatic rings. The Labute approximate surface area is 158 Å². The molecule has 0 fully saturated rings. The van der Waals surface area contributed by atoms with Gasteiger partial charge >= 0.3 is 0 Å². The Hall–Kier alpha value is -3.08. The maximum absolute atomic E-state index is 13.7. The standard InChI is InChI=1S/C21H16F2N2O3/c22-15-5-4-14(17(23)12-15)3-1-13-2-6-16-18(11-13)24-19-7-8-21(27,28)9-10-25(19)20(16)26/h2,4-6,11-12,27-28H,7-10H2. The van der Waals surface area contributed by atoms with E-state index in [-0.39, 0.29) is 36.9 Å². The molecule has 0 atom stereocenters. The zero-order valence-electron chi connectivity index (χ0n) is 14.7. The number of halogens is 2. The maximum atomic E-state index is 13.7. The highest BCUT2D eigenvalue weighted by atomic mass is 19.1. The lowest BCUT2D eigenvalue weighted by Gasteiger charge is -2.17. The van der Waals surface area contributed by atoms with E-state index in [9.17, 15) is 23.8 Å². The minimum atomic E-state index is -1.82. The Morgan fingerprint density at radius 2 is 1.89 bits per heavy atom. The molecule has 2 heterocycles. The van der Waals surface area contributed by atoms with E-state index in [0.29, 0.717) is 22.3 Å². The first-order valence-corrected chi connectivity index (χ1v) is 8.78. The summed E-state index contributed by atoms with van der Waals surface area (Å²) in [5.41, 5.74) is 0.784. The summed E-state index contributed by atoms with van der Waals surface area (Å²) in [5.74, 6) is 2.70. The second-order valence-corrected chi connectivity index (χ2v) is 6.82. The summed E-state index contributed by atoms with van der Waals surface area (Å²) < 4.78 is 28.2. The number of benzene rings is 2. The predicted octanol–water partition coefficient (Wildman–Crippen LogP) is 2.09. The zero-order valence-corrected chi connectivity index (χ0v) is 14.7. The molecule has 2 N–H and O–H groups in total. The summed E-state index contributed by atoms with van der Waals surface area (Å²) in [6, 6.07) is 8.02. The van der Waals surface area contributed by atoms with Gasteiger partial charge in [0.1, 0.15) is 17.5 Å². The lowest BCUT2D eigenvalue weighted by Crippen LogP contribution is -2.29. The molecule has 0 bridgehead atoms. The molecular weight excluding hydrogens is 366 g/mol.